The number of piperidine rings is 1. The lowest BCUT2D eigenvalue weighted by molar-refractivity contribution is -0.135. The highest BCUT2D eigenvalue weighted by atomic mass is 16.2. The van der Waals surface area contributed by atoms with Gasteiger partial charge in [-0.25, -0.2) is 0 Å². The van der Waals surface area contributed by atoms with Gasteiger partial charge in [-0.2, -0.15) is 0 Å². The lowest BCUT2D eigenvalue weighted by atomic mass is 9.90. The minimum absolute atomic E-state index is 0.0352. The first-order chi connectivity index (χ1) is 9.28. The minimum Gasteiger partial charge on any atom is -0.333 e. The molecule has 102 valence electrons. The summed E-state index contributed by atoms with van der Waals surface area (Å²) in [5.41, 5.74) is 2.61. The Hall–Kier alpha value is -1.35. The van der Waals surface area contributed by atoms with Crippen molar-refractivity contribution in [2.75, 3.05) is 6.54 Å². The lowest BCUT2D eigenvalue weighted by Gasteiger charge is -2.31. The largest absolute Gasteiger partial charge is 0.333 e. The number of carbonyl (C=O) groups excluding carboxylic acids is 1. The number of benzene rings is 1. The van der Waals surface area contributed by atoms with E-state index < -0.39 is 0 Å². The zero-order chi connectivity index (χ0) is 13.2. The standard InChI is InChI=1S/C16H22N2O/c1-2-12-7-8-17-15(9-12)16(19)18-10-13-5-3-4-6-14(13)11-18/h3-6,12,15,17H,2,7-11H2,1H3. The summed E-state index contributed by atoms with van der Waals surface area (Å²) in [5.74, 6) is 0.995. The van der Waals surface area contributed by atoms with E-state index in [1.165, 1.54) is 24.0 Å². The second kappa shape index (κ2) is 5.33. The van der Waals surface area contributed by atoms with Gasteiger partial charge in [-0.05, 0) is 36.4 Å². The average Bonchev–Trinajstić information content (AvgIpc) is 2.90. The van der Waals surface area contributed by atoms with Crippen LogP contribution >= 0.6 is 0 Å². The molecule has 0 aliphatic carbocycles. The van der Waals surface area contributed by atoms with Crippen molar-refractivity contribution in [2.45, 2.75) is 45.3 Å². The Morgan fingerprint density at radius 3 is 2.63 bits per heavy atom. The van der Waals surface area contributed by atoms with Gasteiger partial charge < -0.3 is 10.2 Å². The predicted molar refractivity (Wildman–Crippen MR) is 75.5 cm³/mol. The third kappa shape index (κ3) is 2.52. The van der Waals surface area contributed by atoms with Crippen LogP contribution in [0.4, 0.5) is 0 Å². The molecule has 1 saturated heterocycles. The number of hydrogen-bond donors (Lipinski definition) is 1. The number of amides is 1. The second-order valence-electron chi connectivity index (χ2n) is 5.77. The zero-order valence-electron chi connectivity index (χ0n) is 11.6. The third-order valence-corrected chi connectivity index (χ3v) is 4.54. The van der Waals surface area contributed by atoms with Crippen LogP contribution in [0.5, 0.6) is 0 Å². The van der Waals surface area contributed by atoms with Gasteiger partial charge in [0.25, 0.3) is 0 Å². The van der Waals surface area contributed by atoms with Crippen LogP contribution in [-0.2, 0) is 17.9 Å². The van der Waals surface area contributed by atoms with Crippen molar-refractivity contribution in [3.63, 3.8) is 0 Å². The first-order valence-corrected chi connectivity index (χ1v) is 7.37. The first kappa shape index (κ1) is 12.7. The maximum Gasteiger partial charge on any atom is 0.240 e. The summed E-state index contributed by atoms with van der Waals surface area (Å²) in [6, 6.07) is 8.41. The molecule has 2 atom stereocenters. The normalized spacial score (nSPS) is 26.3. The van der Waals surface area contributed by atoms with Gasteiger partial charge in [0.2, 0.25) is 5.91 Å². The molecular weight excluding hydrogens is 236 g/mol. The summed E-state index contributed by atoms with van der Waals surface area (Å²) in [6.07, 6.45) is 3.40. The maximum absolute atomic E-state index is 12.6. The fraction of sp³-hybridized carbons (Fsp3) is 0.562. The maximum atomic E-state index is 12.6. The average molecular weight is 258 g/mol. The molecule has 3 heteroatoms. The van der Waals surface area contributed by atoms with Crippen LogP contribution < -0.4 is 5.32 Å². The minimum atomic E-state index is 0.0352. The lowest BCUT2D eigenvalue weighted by Crippen LogP contribution is -2.48. The number of carbonyl (C=O) groups is 1. The summed E-state index contributed by atoms with van der Waals surface area (Å²) in [4.78, 5) is 14.6. The highest BCUT2D eigenvalue weighted by Gasteiger charge is 2.31. The molecule has 3 rings (SSSR count). The van der Waals surface area contributed by atoms with Gasteiger partial charge in [-0.3, -0.25) is 4.79 Å². The van der Waals surface area contributed by atoms with Crippen LogP contribution in [0.2, 0.25) is 0 Å². The molecule has 1 aromatic carbocycles. The Labute approximate surface area is 115 Å². The SMILES string of the molecule is CCC1CCNC(C(=O)N2Cc3ccccc3C2)C1. The molecule has 0 spiro atoms. The van der Waals surface area contributed by atoms with Gasteiger partial charge in [0.1, 0.15) is 0 Å². The van der Waals surface area contributed by atoms with Crippen LogP contribution in [0, 0.1) is 5.92 Å². The molecule has 1 N–H and O–H groups in total. The Kier molecular flexibility index (Phi) is 3.56. The van der Waals surface area contributed by atoms with Gasteiger partial charge in [-0.1, -0.05) is 37.6 Å². The van der Waals surface area contributed by atoms with E-state index in [1.807, 2.05) is 4.90 Å². The van der Waals surface area contributed by atoms with E-state index in [1.54, 1.807) is 0 Å². The molecule has 2 aliphatic heterocycles. The molecule has 2 heterocycles. The fourth-order valence-corrected chi connectivity index (χ4v) is 3.26. The van der Waals surface area contributed by atoms with E-state index in [2.05, 4.69) is 36.5 Å². The number of nitrogens with zero attached hydrogens (tertiary/aromatic N) is 1. The molecule has 3 nitrogen and oxygen atoms in total. The van der Waals surface area contributed by atoms with Gasteiger partial charge in [0.15, 0.2) is 0 Å². The van der Waals surface area contributed by atoms with Gasteiger partial charge in [0, 0.05) is 13.1 Å². The molecule has 0 aromatic heterocycles. The van der Waals surface area contributed by atoms with E-state index in [9.17, 15) is 4.79 Å². The van der Waals surface area contributed by atoms with Crippen molar-refractivity contribution >= 4 is 5.91 Å². The third-order valence-electron chi connectivity index (χ3n) is 4.54. The molecule has 0 radical (unpaired) electrons. The number of hydrogen-bond acceptors (Lipinski definition) is 2. The van der Waals surface area contributed by atoms with Crippen LogP contribution in [-0.4, -0.2) is 23.4 Å². The van der Waals surface area contributed by atoms with E-state index in [4.69, 9.17) is 0 Å². The number of nitrogens with one attached hydrogen (secondary N) is 1. The molecule has 0 saturated carbocycles. The van der Waals surface area contributed by atoms with Crippen molar-refractivity contribution in [3.8, 4) is 0 Å². The Balaban J connectivity index is 1.66. The Morgan fingerprint density at radius 2 is 2.00 bits per heavy atom. The summed E-state index contributed by atoms with van der Waals surface area (Å²) in [7, 11) is 0. The molecular formula is C16H22N2O. The smallest absolute Gasteiger partial charge is 0.240 e. The van der Waals surface area contributed by atoms with Gasteiger partial charge in [-0.15, -0.1) is 0 Å². The molecule has 1 aromatic rings. The summed E-state index contributed by atoms with van der Waals surface area (Å²) in [5, 5.41) is 3.40. The van der Waals surface area contributed by atoms with Crippen molar-refractivity contribution in [1.29, 1.82) is 0 Å². The second-order valence-corrected chi connectivity index (χ2v) is 5.77. The van der Waals surface area contributed by atoms with Crippen LogP contribution in [0.1, 0.15) is 37.3 Å². The topological polar surface area (TPSA) is 32.3 Å². The Morgan fingerprint density at radius 1 is 1.32 bits per heavy atom. The Bertz CT molecular complexity index is 447. The van der Waals surface area contributed by atoms with Crippen LogP contribution in [0.15, 0.2) is 24.3 Å². The van der Waals surface area contributed by atoms with Crippen molar-refractivity contribution < 1.29 is 4.79 Å². The first-order valence-electron chi connectivity index (χ1n) is 7.37. The monoisotopic (exact) mass is 258 g/mol. The van der Waals surface area contributed by atoms with Crippen LogP contribution in [0.3, 0.4) is 0 Å². The van der Waals surface area contributed by atoms with E-state index in [0.717, 1.165) is 26.1 Å². The van der Waals surface area contributed by atoms with E-state index in [0.29, 0.717) is 5.92 Å². The molecule has 1 fully saturated rings. The number of rotatable bonds is 2. The zero-order valence-corrected chi connectivity index (χ0v) is 11.6. The highest BCUT2D eigenvalue weighted by molar-refractivity contribution is 5.82. The van der Waals surface area contributed by atoms with Gasteiger partial charge >= 0.3 is 0 Å². The highest BCUT2D eigenvalue weighted by Crippen LogP contribution is 2.26. The molecule has 19 heavy (non-hydrogen) atoms. The van der Waals surface area contributed by atoms with Crippen molar-refractivity contribution in [2.24, 2.45) is 5.92 Å². The molecule has 2 unspecified atom stereocenters. The van der Waals surface area contributed by atoms with Crippen LogP contribution in [0.25, 0.3) is 0 Å². The predicted octanol–water partition coefficient (Wildman–Crippen LogP) is 2.31. The summed E-state index contributed by atoms with van der Waals surface area (Å²) in [6.45, 7) is 4.77. The van der Waals surface area contributed by atoms with E-state index in [-0.39, 0.29) is 11.9 Å². The molecule has 1 amide bonds. The summed E-state index contributed by atoms with van der Waals surface area (Å²) < 4.78 is 0. The number of fused-ring (bicyclic) bond motifs is 1. The van der Waals surface area contributed by atoms with Crippen molar-refractivity contribution in [3.05, 3.63) is 35.4 Å². The molecule has 2 aliphatic rings. The molecule has 0 bridgehead atoms. The van der Waals surface area contributed by atoms with Crippen molar-refractivity contribution in [1.82, 2.24) is 10.2 Å². The fourth-order valence-electron chi connectivity index (χ4n) is 3.26. The van der Waals surface area contributed by atoms with E-state index >= 15 is 0 Å². The quantitative estimate of drug-likeness (QED) is 0.883. The van der Waals surface area contributed by atoms with Gasteiger partial charge in [0.05, 0.1) is 6.04 Å². The summed E-state index contributed by atoms with van der Waals surface area (Å²) >= 11 is 0.